The molecule has 0 unspecified atom stereocenters. The van der Waals surface area contributed by atoms with Gasteiger partial charge in [-0.05, 0) is 55.3 Å². The molecule has 0 atom stereocenters. The molecule has 0 spiro atoms. The summed E-state index contributed by atoms with van der Waals surface area (Å²) in [6.45, 7) is 0.393. The summed E-state index contributed by atoms with van der Waals surface area (Å²) in [5.41, 5.74) is -2.88. The molecule has 1 aliphatic heterocycles. The quantitative estimate of drug-likeness (QED) is 0.420. The van der Waals surface area contributed by atoms with E-state index in [1.165, 1.54) is 4.90 Å². The summed E-state index contributed by atoms with van der Waals surface area (Å²) in [6.07, 6.45) is -9.16. The number of anilines is 1. The molecule has 1 aliphatic rings. The van der Waals surface area contributed by atoms with Crippen LogP contribution in [0.15, 0.2) is 47.0 Å². The Balaban J connectivity index is 1.40. The van der Waals surface area contributed by atoms with Gasteiger partial charge in [-0.2, -0.15) is 31.3 Å². The van der Waals surface area contributed by atoms with Crippen LogP contribution in [0.5, 0.6) is 5.75 Å². The third kappa shape index (κ3) is 5.71. The van der Waals surface area contributed by atoms with Gasteiger partial charge in [0, 0.05) is 30.3 Å². The Morgan fingerprint density at radius 2 is 1.58 bits per heavy atom. The number of carbonyl (C=O) groups excluding carboxylic acids is 1. The molecule has 0 aliphatic carbocycles. The molecular weight excluding hydrogens is 494 g/mol. The fraction of sp³-hybridized carbons (Fsp3) is 0.348. The van der Waals surface area contributed by atoms with Crippen LogP contribution in [-0.4, -0.2) is 41.3 Å². The summed E-state index contributed by atoms with van der Waals surface area (Å²) >= 11 is 0. The Bertz CT molecular complexity index is 1180. The van der Waals surface area contributed by atoms with Crippen molar-refractivity contribution in [3.05, 3.63) is 59.5 Å². The third-order valence-electron chi connectivity index (χ3n) is 5.76. The first-order valence-corrected chi connectivity index (χ1v) is 10.8. The average Bonchev–Trinajstić information content (AvgIpc) is 3.33. The maximum Gasteiger partial charge on any atom is 0.416 e. The number of nitrogens with one attached hydrogen (secondary N) is 1. The van der Waals surface area contributed by atoms with Gasteiger partial charge in [-0.15, -0.1) is 0 Å². The number of likely N-dealkylation sites (tertiary alicyclic amines) is 1. The van der Waals surface area contributed by atoms with Crippen molar-refractivity contribution in [1.29, 1.82) is 0 Å². The van der Waals surface area contributed by atoms with Crippen LogP contribution in [0.4, 0.5) is 36.8 Å². The first-order chi connectivity index (χ1) is 16.9. The third-order valence-corrected chi connectivity index (χ3v) is 5.76. The zero-order valence-electron chi connectivity index (χ0n) is 18.8. The predicted molar refractivity (Wildman–Crippen MR) is 115 cm³/mol. The van der Waals surface area contributed by atoms with Crippen LogP contribution in [0.3, 0.4) is 0 Å². The monoisotopic (exact) mass is 514 g/mol. The number of hydrogen-bond acceptors (Lipinski definition) is 5. The molecule has 7 nitrogen and oxygen atoms in total. The molecule has 1 N–H and O–H groups in total. The second-order valence-corrected chi connectivity index (χ2v) is 8.17. The Labute approximate surface area is 201 Å². The molecule has 0 saturated carbocycles. The van der Waals surface area contributed by atoms with E-state index >= 15 is 0 Å². The normalized spacial score (nSPS) is 15.1. The number of methoxy groups -OCH3 is 1. The van der Waals surface area contributed by atoms with Crippen molar-refractivity contribution < 1.29 is 40.4 Å². The van der Waals surface area contributed by atoms with E-state index in [9.17, 15) is 31.1 Å². The van der Waals surface area contributed by atoms with E-state index in [1.54, 1.807) is 31.4 Å². The van der Waals surface area contributed by atoms with Gasteiger partial charge in [0.2, 0.25) is 11.7 Å². The average molecular weight is 514 g/mol. The zero-order chi connectivity index (χ0) is 26.1. The molecule has 192 valence electrons. The summed E-state index contributed by atoms with van der Waals surface area (Å²) in [5.74, 6) is 1.29. The van der Waals surface area contributed by atoms with Crippen molar-refractivity contribution in [3.63, 3.8) is 0 Å². The van der Waals surface area contributed by atoms with Gasteiger partial charge < -0.3 is 19.5 Å². The molecule has 1 aromatic heterocycles. The van der Waals surface area contributed by atoms with Crippen LogP contribution in [0.25, 0.3) is 11.4 Å². The molecule has 0 bridgehead atoms. The highest BCUT2D eigenvalue weighted by Crippen LogP contribution is 2.38. The number of piperidine rings is 1. The molecule has 13 heteroatoms. The lowest BCUT2D eigenvalue weighted by Gasteiger charge is -2.30. The maximum atomic E-state index is 13.1. The number of halogens is 6. The van der Waals surface area contributed by atoms with Crippen LogP contribution >= 0.6 is 0 Å². The van der Waals surface area contributed by atoms with E-state index in [4.69, 9.17) is 9.26 Å². The molecule has 0 radical (unpaired) electrons. The largest absolute Gasteiger partial charge is 0.497 e. The van der Waals surface area contributed by atoms with Crippen molar-refractivity contribution >= 4 is 11.7 Å². The second kappa shape index (κ2) is 9.70. The Morgan fingerprint density at radius 1 is 1.00 bits per heavy atom. The smallest absolute Gasteiger partial charge is 0.416 e. The van der Waals surface area contributed by atoms with Gasteiger partial charge in [0.15, 0.2) is 0 Å². The van der Waals surface area contributed by atoms with Crippen molar-refractivity contribution in [2.75, 3.05) is 25.5 Å². The van der Waals surface area contributed by atoms with Gasteiger partial charge in [-0.3, -0.25) is 0 Å². The van der Waals surface area contributed by atoms with Gasteiger partial charge in [-0.25, -0.2) is 4.79 Å². The highest BCUT2D eigenvalue weighted by molar-refractivity contribution is 5.89. The first-order valence-electron chi connectivity index (χ1n) is 10.8. The second-order valence-electron chi connectivity index (χ2n) is 8.17. The predicted octanol–water partition coefficient (Wildman–Crippen LogP) is 6.19. The Hall–Kier alpha value is -3.77. The molecule has 4 rings (SSSR count). The van der Waals surface area contributed by atoms with Crippen LogP contribution in [0, 0.1) is 0 Å². The van der Waals surface area contributed by atoms with Crippen LogP contribution < -0.4 is 10.1 Å². The summed E-state index contributed by atoms with van der Waals surface area (Å²) in [5, 5.41) is 6.13. The number of aromatic nitrogens is 2. The van der Waals surface area contributed by atoms with Crippen molar-refractivity contribution in [2.45, 2.75) is 31.1 Å². The topological polar surface area (TPSA) is 80.5 Å². The fourth-order valence-corrected chi connectivity index (χ4v) is 3.82. The van der Waals surface area contributed by atoms with Gasteiger partial charge in [-0.1, -0.05) is 5.16 Å². The lowest BCUT2D eigenvalue weighted by molar-refractivity contribution is -0.143. The molecule has 1 fully saturated rings. The van der Waals surface area contributed by atoms with Crippen molar-refractivity contribution in [3.8, 4) is 17.1 Å². The number of ether oxygens (including phenoxy) is 1. The summed E-state index contributed by atoms with van der Waals surface area (Å²) in [4.78, 5) is 18.3. The first kappa shape index (κ1) is 25.3. The van der Waals surface area contributed by atoms with Crippen molar-refractivity contribution in [1.82, 2.24) is 15.0 Å². The van der Waals surface area contributed by atoms with Crippen molar-refractivity contribution in [2.24, 2.45) is 0 Å². The minimum Gasteiger partial charge on any atom is -0.497 e. The highest BCUT2D eigenvalue weighted by atomic mass is 19.4. The molecule has 36 heavy (non-hydrogen) atoms. The molecule has 2 amide bonds. The zero-order valence-corrected chi connectivity index (χ0v) is 18.8. The number of hydrogen-bond donors (Lipinski definition) is 1. The maximum absolute atomic E-state index is 13.1. The highest BCUT2D eigenvalue weighted by Gasteiger charge is 2.37. The van der Waals surface area contributed by atoms with Gasteiger partial charge >= 0.3 is 18.4 Å². The molecule has 2 aromatic carbocycles. The Morgan fingerprint density at radius 3 is 2.11 bits per heavy atom. The summed E-state index contributed by atoms with van der Waals surface area (Å²) in [6, 6.07) is 7.21. The number of nitrogens with zero attached hydrogens (tertiary/aromatic N) is 3. The minimum atomic E-state index is -5.01. The molecular formula is C23H20F6N4O3. The van der Waals surface area contributed by atoms with E-state index in [1.807, 2.05) is 0 Å². The lowest BCUT2D eigenvalue weighted by atomic mass is 9.97. The van der Waals surface area contributed by atoms with E-state index in [2.05, 4.69) is 15.5 Å². The fourth-order valence-electron chi connectivity index (χ4n) is 3.82. The number of rotatable bonds is 4. The van der Waals surface area contributed by atoms with Gasteiger partial charge in [0.05, 0.1) is 18.2 Å². The molecule has 3 aromatic rings. The molecule has 2 heterocycles. The van der Waals surface area contributed by atoms with Crippen LogP contribution in [-0.2, 0) is 12.4 Å². The number of benzene rings is 2. The summed E-state index contributed by atoms with van der Waals surface area (Å²) < 4.78 is 88.8. The van der Waals surface area contributed by atoms with Crippen LogP contribution in [0.1, 0.15) is 35.8 Å². The van der Waals surface area contributed by atoms with Gasteiger partial charge in [0.25, 0.3) is 0 Å². The van der Waals surface area contributed by atoms with E-state index < -0.39 is 35.2 Å². The van der Waals surface area contributed by atoms with Crippen LogP contribution in [0.2, 0.25) is 0 Å². The SMILES string of the molecule is COc1ccc(-c2noc(C3CCN(C(=O)Nc4cc(C(F)(F)F)cc(C(F)(F)F)c4)CC3)n2)cc1. The Kier molecular flexibility index (Phi) is 6.83. The molecule has 1 saturated heterocycles. The van der Waals surface area contributed by atoms with E-state index in [0.717, 1.165) is 5.56 Å². The standard InChI is InChI=1S/C23H20F6N4O3/c1-35-18-4-2-13(3-5-18)19-31-20(36-32-19)14-6-8-33(9-7-14)21(34)30-17-11-15(22(24,25)26)10-16(12-17)23(27,28)29/h2-5,10-12,14H,6-9H2,1H3,(H,30,34). The number of carbonyl (C=O) groups is 1. The van der Waals surface area contributed by atoms with Gasteiger partial charge in [0.1, 0.15) is 5.75 Å². The number of urea groups is 1. The van der Waals surface area contributed by atoms with E-state index in [-0.39, 0.29) is 25.1 Å². The number of alkyl halides is 6. The summed E-state index contributed by atoms with van der Waals surface area (Å²) in [7, 11) is 1.55. The number of amides is 2. The minimum absolute atomic E-state index is 0.00570. The lowest BCUT2D eigenvalue weighted by Crippen LogP contribution is -2.40. The van der Waals surface area contributed by atoms with E-state index in [0.29, 0.717) is 42.4 Å².